The number of fused-ring (bicyclic) bond motifs is 1. The lowest BCUT2D eigenvalue weighted by atomic mass is 10.2. The first kappa shape index (κ1) is 16.4. The zero-order valence-electron chi connectivity index (χ0n) is 12.0. The molecule has 0 atom stereocenters. The van der Waals surface area contributed by atoms with Crippen molar-refractivity contribution in [2.75, 3.05) is 0 Å². The molecular formula is C15H11ClFN3O3S. The van der Waals surface area contributed by atoms with Gasteiger partial charge in [-0.2, -0.15) is 0 Å². The number of para-hydroxylation sites is 1. The number of amides is 1. The second-order valence-corrected chi connectivity index (χ2v) is 6.97. The van der Waals surface area contributed by atoms with Crippen molar-refractivity contribution in [3.05, 3.63) is 65.1 Å². The number of aromatic nitrogens is 1. The van der Waals surface area contributed by atoms with Crippen LogP contribution in [0.25, 0.3) is 10.9 Å². The summed E-state index contributed by atoms with van der Waals surface area (Å²) in [6.07, 6.45) is 1.46. The molecule has 1 amide bonds. The van der Waals surface area contributed by atoms with Gasteiger partial charge in [0.15, 0.2) is 0 Å². The van der Waals surface area contributed by atoms with Crippen LogP contribution in [0.2, 0.25) is 5.02 Å². The summed E-state index contributed by atoms with van der Waals surface area (Å²) in [5.41, 5.74) is 3.05. The average Bonchev–Trinajstić information content (AvgIpc) is 2.96. The van der Waals surface area contributed by atoms with E-state index >= 15 is 0 Å². The van der Waals surface area contributed by atoms with Crippen LogP contribution in [0.4, 0.5) is 4.39 Å². The van der Waals surface area contributed by atoms with E-state index in [0.717, 1.165) is 17.6 Å². The molecule has 1 heterocycles. The lowest BCUT2D eigenvalue weighted by Gasteiger charge is -2.09. The molecule has 0 radical (unpaired) electrons. The van der Waals surface area contributed by atoms with E-state index in [9.17, 15) is 17.6 Å². The third-order valence-corrected chi connectivity index (χ3v) is 4.83. The Labute approximate surface area is 141 Å². The summed E-state index contributed by atoms with van der Waals surface area (Å²) < 4.78 is 37.9. The number of hydrogen-bond donors (Lipinski definition) is 3. The lowest BCUT2D eigenvalue weighted by molar-refractivity contribution is 0.0946. The molecule has 24 heavy (non-hydrogen) atoms. The van der Waals surface area contributed by atoms with Crippen LogP contribution in [0.1, 0.15) is 10.4 Å². The van der Waals surface area contributed by atoms with Crippen LogP contribution in [-0.4, -0.2) is 19.3 Å². The maximum Gasteiger partial charge on any atom is 0.268 e. The number of carbonyl (C=O) groups is 1. The van der Waals surface area contributed by atoms with Crippen molar-refractivity contribution in [3.8, 4) is 0 Å². The third-order valence-electron chi connectivity index (χ3n) is 3.32. The maximum atomic E-state index is 13.7. The number of hydrazine groups is 1. The molecule has 3 N–H and O–H groups in total. The molecule has 0 fully saturated rings. The van der Waals surface area contributed by atoms with Gasteiger partial charge in [0, 0.05) is 22.1 Å². The number of nitrogens with one attached hydrogen (secondary N) is 3. The Balaban J connectivity index is 1.80. The Bertz CT molecular complexity index is 1030. The first-order valence-corrected chi connectivity index (χ1v) is 8.58. The van der Waals surface area contributed by atoms with Crippen LogP contribution in [0, 0.1) is 5.82 Å². The van der Waals surface area contributed by atoms with E-state index in [4.69, 9.17) is 11.6 Å². The van der Waals surface area contributed by atoms with Gasteiger partial charge in [0.1, 0.15) is 10.7 Å². The Kier molecular flexibility index (Phi) is 4.27. The Morgan fingerprint density at radius 1 is 1.17 bits per heavy atom. The van der Waals surface area contributed by atoms with Crippen molar-refractivity contribution < 1.29 is 17.6 Å². The zero-order valence-corrected chi connectivity index (χ0v) is 13.6. The van der Waals surface area contributed by atoms with Gasteiger partial charge in [0.25, 0.3) is 15.9 Å². The highest BCUT2D eigenvalue weighted by Crippen LogP contribution is 2.19. The Morgan fingerprint density at radius 3 is 2.67 bits per heavy atom. The fourth-order valence-corrected chi connectivity index (χ4v) is 3.25. The highest BCUT2D eigenvalue weighted by atomic mass is 35.5. The number of rotatable bonds is 4. The SMILES string of the molecule is O=C(NNS(=O)(=O)c1ccc(Cl)cc1F)c1c[nH]c2ccccc12. The summed E-state index contributed by atoms with van der Waals surface area (Å²) in [7, 11) is -4.27. The minimum atomic E-state index is -4.27. The zero-order chi connectivity index (χ0) is 17.3. The van der Waals surface area contributed by atoms with Crippen LogP contribution >= 0.6 is 11.6 Å². The minimum Gasteiger partial charge on any atom is -0.360 e. The summed E-state index contributed by atoms with van der Waals surface area (Å²) in [4.78, 5) is 16.3. The van der Waals surface area contributed by atoms with E-state index in [2.05, 4.69) is 10.4 Å². The van der Waals surface area contributed by atoms with E-state index in [0.29, 0.717) is 5.39 Å². The molecule has 0 saturated carbocycles. The number of carbonyl (C=O) groups excluding carboxylic acids is 1. The molecule has 0 bridgehead atoms. The Hall–Kier alpha value is -2.42. The number of aromatic amines is 1. The van der Waals surface area contributed by atoms with Gasteiger partial charge in [-0.3, -0.25) is 10.2 Å². The normalized spacial score (nSPS) is 11.6. The molecule has 0 aliphatic heterocycles. The van der Waals surface area contributed by atoms with Crippen molar-refractivity contribution in [3.63, 3.8) is 0 Å². The lowest BCUT2D eigenvalue weighted by Crippen LogP contribution is -2.41. The summed E-state index contributed by atoms with van der Waals surface area (Å²) in [6.45, 7) is 0. The second kappa shape index (κ2) is 6.23. The van der Waals surface area contributed by atoms with Crippen molar-refractivity contribution in [2.45, 2.75) is 4.90 Å². The molecule has 0 aliphatic rings. The predicted molar refractivity (Wildman–Crippen MR) is 87.5 cm³/mol. The quantitative estimate of drug-likeness (QED) is 0.619. The van der Waals surface area contributed by atoms with Gasteiger partial charge in [-0.05, 0) is 24.3 Å². The Morgan fingerprint density at radius 2 is 1.92 bits per heavy atom. The molecular weight excluding hydrogens is 357 g/mol. The van der Waals surface area contributed by atoms with Crippen LogP contribution in [0.3, 0.4) is 0 Å². The highest BCUT2D eigenvalue weighted by molar-refractivity contribution is 7.89. The first-order valence-electron chi connectivity index (χ1n) is 6.72. The molecule has 0 aliphatic carbocycles. The van der Waals surface area contributed by atoms with Crippen molar-refractivity contribution in [2.24, 2.45) is 0 Å². The van der Waals surface area contributed by atoms with Crippen molar-refractivity contribution >= 4 is 38.4 Å². The third kappa shape index (κ3) is 3.12. The van der Waals surface area contributed by atoms with Gasteiger partial charge in [-0.15, -0.1) is 4.83 Å². The van der Waals surface area contributed by atoms with Gasteiger partial charge in [-0.25, -0.2) is 12.8 Å². The predicted octanol–water partition coefficient (Wildman–Crippen LogP) is 2.58. The molecule has 2 aromatic carbocycles. The van der Waals surface area contributed by atoms with Gasteiger partial charge < -0.3 is 4.98 Å². The van der Waals surface area contributed by atoms with Gasteiger partial charge >= 0.3 is 0 Å². The molecule has 6 nitrogen and oxygen atoms in total. The molecule has 0 saturated heterocycles. The minimum absolute atomic E-state index is 0.0641. The van der Waals surface area contributed by atoms with Gasteiger partial charge in [0.2, 0.25) is 0 Å². The largest absolute Gasteiger partial charge is 0.360 e. The second-order valence-electron chi connectivity index (χ2n) is 4.88. The van der Waals surface area contributed by atoms with E-state index < -0.39 is 26.6 Å². The summed E-state index contributed by atoms with van der Waals surface area (Å²) in [5.74, 6) is -1.69. The molecule has 0 spiro atoms. The molecule has 0 unspecified atom stereocenters. The standard InChI is InChI=1S/C15H11ClFN3O3S/c16-9-5-6-14(12(17)7-9)24(22,23)20-19-15(21)11-8-18-13-4-2-1-3-10(11)13/h1-8,18,20H,(H,19,21). The number of benzene rings is 2. The number of sulfonamides is 1. The smallest absolute Gasteiger partial charge is 0.268 e. The number of H-pyrrole nitrogens is 1. The fraction of sp³-hybridized carbons (Fsp3) is 0. The molecule has 3 rings (SSSR count). The van der Waals surface area contributed by atoms with E-state index in [-0.39, 0.29) is 10.6 Å². The average molecular weight is 368 g/mol. The number of halogens is 2. The van der Waals surface area contributed by atoms with Crippen molar-refractivity contribution in [1.82, 2.24) is 15.2 Å². The highest BCUT2D eigenvalue weighted by Gasteiger charge is 2.21. The summed E-state index contributed by atoms with van der Waals surface area (Å²) in [6, 6.07) is 10.2. The molecule has 124 valence electrons. The summed E-state index contributed by atoms with van der Waals surface area (Å²) in [5, 5.41) is 0.696. The topological polar surface area (TPSA) is 91.1 Å². The molecule has 3 aromatic rings. The van der Waals surface area contributed by atoms with E-state index in [1.807, 2.05) is 4.83 Å². The maximum absolute atomic E-state index is 13.7. The van der Waals surface area contributed by atoms with Crippen LogP contribution < -0.4 is 10.3 Å². The van der Waals surface area contributed by atoms with Crippen LogP contribution in [0.15, 0.2) is 53.6 Å². The van der Waals surface area contributed by atoms with Crippen molar-refractivity contribution in [1.29, 1.82) is 0 Å². The van der Waals surface area contributed by atoms with Crippen LogP contribution in [0.5, 0.6) is 0 Å². The van der Waals surface area contributed by atoms with E-state index in [1.165, 1.54) is 12.3 Å². The van der Waals surface area contributed by atoms with Gasteiger partial charge in [-0.1, -0.05) is 29.8 Å². The van der Waals surface area contributed by atoms with E-state index in [1.54, 1.807) is 24.3 Å². The fourth-order valence-electron chi connectivity index (χ4n) is 2.19. The monoisotopic (exact) mass is 367 g/mol. The molecule has 9 heteroatoms. The molecule has 1 aromatic heterocycles. The van der Waals surface area contributed by atoms with Crippen LogP contribution in [-0.2, 0) is 10.0 Å². The number of hydrogen-bond acceptors (Lipinski definition) is 3. The van der Waals surface area contributed by atoms with Gasteiger partial charge in [0.05, 0.1) is 5.56 Å². The first-order chi connectivity index (χ1) is 11.4. The summed E-state index contributed by atoms with van der Waals surface area (Å²) >= 11 is 5.59.